The molecule has 1 atom stereocenters. The van der Waals surface area contributed by atoms with Crippen molar-refractivity contribution in [1.29, 1.82) is 0 Å². The fourth-order valence-electron chi connectivity index (χ4n) is 2.74. The molecule has 3 aromatic rings. The molecule has 5 nitrogen and oxygen atoms in total. The molecule has 8 heteroatoms. The fourth-order valence-corrected chi connectivity index (χ4v) is 4.15. The topological polar surface area (TPSA) is 64.0 Å². The standard InChI is InChI=1S/C18H17F2N3O2S/c1-12-10-15(20)6-7-16(12)26(24,25)22-17(18-21-8-9-23(18)2)13-4-3-5-14(19)11-13/h3-11,17,22H,1-2H3/t17-/m1/s1. The number of aryl methyl sites for hydroxylation is 2. The van der Waals surface area contributed by atoms with Crippen LogP contribution >= 0.6 is 0 Å². The van der Waals surface area contributed by atoms with Crippen LogP contribution in [0.2, 0.25) is 0 Å². The molecule has 1 N–H and O–H groups in total. The van der Waals surface area contributed by atoms with Gasteiger partial charge in [0.2, 0.25) is 10.0 Å². The minimum atomic E-state index is -4.00. The first kappa shape index (κ1) is 18.2. The highest BCUT2D eigenvalue weighted by Gasteiger charge is 2.27. The maximum atomic E-state index is 13.7. The zero-order valence-corrected chi connectivity index (χ0v) is 15.0. The van der Waals surface area contributed by atoms with Crippen LogP contribution in [0.25, 0.3) is 0 Å². The van der Waals surface area contributed by atoms with Crippen LogP contribution in [-0.4, -0.2) is 18.0 Å². The molecule has 0 aliphatic carbocycles. The fraction of sp³-hybridized carbons (Fsp3) is 0.167. The highest BCUT2D eigenvalue weighted by molar-refractivity contribution is 7.89. The molecule has 0 saturated carbocycles. The smallest absolute Gasteiger partial charge is 0.241 e. The number of nitrogens with one attached hydrogen (secondary N) is 1. The van der Waals surface area contributed by atoms with E-state index < -0.39 is 27.7 Å². The van der Waals surface area contributed by atoms with Gasteiger partial charge in [0.05, 0.1) is 4.90 Å². The molecule has 0 radical (unpaired) electrons. The van der Waals surface area contributed by atoms with Crippen LogP contribution in [0, 0.1) is 18.6 Å². The third-order valence-corrected chi connectivity index (χ3v) is 5.58. The SMILES string of the molecule is Cc1cc(F)ccc1S(=O)(=O)N[C@H](c1cccc(F)c1)c1nccn1C. The van der Waals surface area contributed by atoms with Crippen LogP contribution in [0.3, 0.4) is 0 Å². The van der Waals surface area contributed by atoms with Crippen molar-refractivity contribution in [3.63, 3.8) is 0 Å². The number of rotatable bonds is 5. The summed E-state index contributed by atoms with van der Waals surface area (Å²) in [6.45, 7) is 1.51. The molecule has 0 saturated heterocycles. The first-order chi connectivity index (χ1) is 12.3. The van der Waals surface area contributed by atoms with E-state index in [1.54, 1.807) is 23.9 Å². The van der Waals surface area contributed by atoms with Gasteiger partial charge in [-0.05, 0) is 48.4 Å². The largest absolute Gasteiger partial charge is 0.336 e. The number of hydrogen-bond donors (Lipinski definition) is 1. The van der Waals surface area contributed by atoms with Crippen LogP contribution in [0.15, 0.2) is 59.8 Å². The van der Waals surface area contributed by atoms with E-state index in [0.717, 1.165) is 12.1 Å². The van der Waals surface area contributed by atoms with Crippen molar-refractivity contribution < 1.29 is 17.2 Å². The molecule has 0 amide bonds. The van der Waals surface area contributed by atoms with E-state index in [-0.39, 0.29) is 10.5 Å². The van der Waals surface area contributed by atoms with E-state index >= 15 is 0 Å². The first-order valence-corrected chi connectivity index (χ1v) is 9.27. The molecule has 0 aliphatic rings. The van der Waals surface area contributed by atoms with Gasteiger partial charge < -0.3 is 4.57 Å². The highest BCUT2D eigenvalue weighted by Crippen LogP contribution is 2.25. The monoisotopic (exact) mass is 377 g/mol. The molecule has 0 fully saturated rings. The van der Waals surface area contributed by atoms with Gasteiger partial charge in [0, 0.05) is 19.4 Å². The summed E-state index contributed by atoms with van der Waals surface area (Å²) in [5.41, 5.74) is 0.679. The van der Waals surface area contributed by atoms with Gasteiger partial charge in [-0.25, -0.2) is 22.2 Å². The second-order valence-corrected chi connectivity index (χ2v) is 7.60. The summed E-state index contributed by atoms with van der Waals surface area (Å²) in [6.07, 6.45) is 3.19. The minimum Gasteiger partial charge on any atom is -0.336 e. The predicted octanol–water partition coefficient (Wildman–Crippen LogP) is 3.07. The molecule has 0 spiro atoms. The summed E-state index contributed by atoms with van der Waals surface area (Å²) in [7, 11) is -2.29. The maximum Gasteiger partial charge on any atom is 0.241 e. The Hall–Kier alpha value is -2.58. The van der Waals surface area contributed by atoms with Crippen molar-refractivity contribution >= 4 is 10.0 Å². The Morgan fingerprint density at radius 2 is 1.85 bits per heavy atom. The average molecular weight is 377 g/mol. The Labute approximate surface area is 150 Å². The van der Waals surface area contributed by atoms with Gasteiger partial charge in [0.15, 0.2) is 0 Å². The van der Waals surface area contributed by atoms with Crippen molar-refractivity contribution in [3.05, 3.63) is 83.4 Å². The first-order valence-electron chi connectivity index (χ1n) is 7.79. The molecule has 2 aromatic carbocycles. The Morgan fingerprint density at radius 1 is 1.12 bits per heavy atom. The van der Waals surface area contributed by atoms with Gasteiger partial charge in [0.25, 0.3) is 0 Å². The van der Waals surface area contributed by atoms with E-state index in [4.69, 9.17) is 0 Å². The molecule has 26 heavy (non-hydrogen) atoms. The lowest BCUT2D eigenvalue weighted by Crippen LogP contribution is -2.31. The molecular formula is C18H17F2N3O2S. The number of nitrogens with zero attached hydrogens (tertiary/aromatic N) is 2. The molecule has 0 bridgehead atoms. The molecule has 0 aliphatic heterocycles. The number of imidazole rings is 1. The van der Waals surface area contributed by atoms with Crippen LogP contribution < -0.4 is 4.72 Å². The summed E-state index contributed by atoms with van der Waals surface area (Å²) in [5.74, 6) is -0.606. The van der Waals surface area contributed by atoms with Crippen molar-refractivity contribution in [2.24, 2.45) is 7.05 Å². The molecular weight excluding hydrogens is 360 g/mol. The van der Waals surface area contributed by atoms with Crippen LogP contribution in [0.1, 0.15) is 23.0 Å². The second-order valence-electron chi connectivity index (χ2n) is 5.92. The lowest BCUT2D eigenvalue weighted by atomic mass is 10.1. The van der Waals surface area contributed by atoms with E-state index in [2.05, 4.69) is 9.71 Å². The summed E-state index contributed by atoms with van der Waals surface area (Å²) in [4.78, 5) is 4.14. The van der Waals surface area contributed by atoms with Crippen LogP contribution in [0.5, 0.6) is 0 Å². The molecule has 136 valence electrons. The Morgan fingerprint density at radius 3 is 2.46 bits per heavy atom. The van der Waals surface area contributed by atoms with E-state index in [1.165, 1.54) is 37.4 Å². The van der Waals surface area contributed by atoms with Crippen molar-refractivity contribution in [3.8, 4) is 0 Å². The normalized spacial score (nSPS) is 12.9. The third kappa shape index (κ3) is 3.66. The summed E-state index contributed by atoms with van der Waals surface area (Å²) < 4.78 is 57.0. The van der Waals surface area contributed by atoms with Gasteiger partial charge in [0.1, 0.15) is 23.5 Å². The molecule has 1 heterocycles. The number of benzene rings is 2. The van der Waals surface area contributed by atoms with Crippen molar-refractivity contribution in [2.75, 3.05) is 0 Å². The summed E-state index contributed by atoms with van der Waals surface area (Å²) >= 11 is 0. The minimum absolute atomic E-state index is 0.0467. The van der Waals surface area contributed by atoms with Crippen molar-refractivity contribution in [2.45, 2.75) is 17.9 Å². The number of hydrogen-bond acceptors (Lipinski definition) is 3. The average Bonchev–Trinajstić information content (AvgIpc) is 2.98. The summed E-state index contributed by atoms with van der Waals surface area (Å²) in [6, 6.07) is 8.16. The van der Waals surface area contributed by atoms with Gasteiger partial charge >= 0.3 is 0 Å². The molecule has 1 aromatic heterocycles. The van der Waals surface area contributed by atoms with Crippen LogP contribution in [-0.2, 0) is 17.1 Å². The number of aromatic nitrogens is 2. The number of halogens is 2. The predicted molar refractivity (Wildman–Crippen MR) is 92.9 cm³/mol. The quantitative estimate of drug-likeness (QED) is 0.743. The maximum absolute atomic E-state index is 13.7. The third-order valence-electron chi connectivity index (χ3n) is 4.00. The Kier molecular flexibility index (Phi) is 4.88. The van der Waals surface area contributed by atoms with Gasteiger partial charge in [-0.1, -0.05) is 12.1 Å². The Bertz CT molecular complexity index is 1050. The van der Waals surface area contributed by atoms with Crippen molar-refractivity contribution in [1.82, 2.24) is 14.3 Å². The zero-order valence-electron chi connectivity index (χ0n) is 14.1. The Balaban J connectivity index is 2.07. The van der Waals surface area contributed by atoms with E-state index in [0.29, 0.717) is 11.4 Å². The van der Waals surface area contributed by atoms with Crippen LogP contribution in [0.4, 0.5) is 8.78 Å². The second kappa shape index (κ2) is 6.97. The van der Waals surface area contributed by atoms with Gasteiger partial charge in [-0.2, -0.15) is 4.72 Å². The van der Waals surface area contributed by atoms with E-state index in [1.807, 2.05) is 0 Å². The van der Waals surface area contributed by atoms with Gasteiger partial charge in [-0.3, -0.25) is 0 Å². The molecule has 3 rings (SSSR count). The highest BCUT2D eigenvalue weighted by atomic mass is 32.2. The zero-order chi connectivity index (χ0) is 18.9. The van der Waals surface area contributed by atoms with Gasteiger partial charge in [-0.15, -0.1) is 0 Å². The lowest BCUT2D eigenvalue weighted by molar-refractivity contribution is 0.559. The summed E-state index contributed by atoms with van der Waals surface area (Å²) in [5, 5.41) is 0. The number of sulfonamides is 1. The molecule has 0 unspecified atom stereocenters. The van der Waals surface area contributed by atoms with E-state index in [9.17, 15) is 17.2 Å². The lowest BCUT2D eigenvalue weighted by Gasteiger charge is -2.20.